The molecule has 2 aromatic carbocycles. The fraction of sp³-hybridized carbons (Fsp3) is 0.360. The molecule has 2 heterocycles. The molecule has 8 nitrogen and oxygen atoms in total. The molecule has 37 heavy (non-hydrogen) atoms. The lowest BCUT2D eigenvalue weighted by Gasteiger charge is -2.40. The second-order valence-corrected chi connectivity index (χ2v) is 10.7. The summed E-state index contributed by atoms with van der Waals surface area (Å²) in [6.07, 6.45) is 6.82. The summed E-state index contributed by atoms with van der Waals surface area (Å²) in [7, 11) is 0. The SMILES string of the molecule is CCC(n1cncn1)C(O)(CCC(n1cncn1)C(C)(O)c1ccc(Cl)cc1Cl)c1ccc(Cl)cc1Cl. The Morgan fingerprint density at radius 3 is 1.78 bits per heavy atom. The van der Waals surface area contributed by atoms with Gasteiger partial charge in [-0.15, -0.1) is 0 Å². The molecule has 0 aliphatic carbocycles. The topological polar surface area (TPSA) is 102 Å². The summed E-state index contributed by atoms with van der Waals surface area (Å²) in [5.74, 6) is 0. The summed E-state index contributed by atoms with van der Waals surface area (Å²) < 4.78 is 3.18. The zero-order chi connectivity index (χ0) is 26.8. The van der Waals surface area contributed by atoms with Crippen LogP contribution in [0, 0.1) is 0 Å². The largest absolute Gasteiger partial charge is 0.383 e. The van der Waals surface area contributed by atoms with E-state index in [-0.39, 0.29) is 12.8 Å². The standard InChI is InChI=1S/C25H26Cl4N6O2/c1-3-22(34-14-30-12-32-34)25(37,19-7-5-17(27)11-21(19)29)9-8-23(35-15-31-13-33-35)24(2,36)18-6-4-16(26)10-20(18)28/h4-7,10-15,22-23,36-37H,3,8-9H2,1-2H3. The zero-order valence-electron chi connectivity index (χ0n) is 20.1. The van der Waals surface area contributed by atoms with Crippen LogP contribution in [0.25, 0.3) is 0 Å². The summed E-state index contributed by atoms with van der Waals surface area (Å²) in [5.41, 5.74) is -2.06. The minimum atomic E-state index is -1.51. The second kappa shape index (κ2) is 11.3. The summed E-state index contributed by atoms with van der Waals surface area (Å²) in [6, 6.07) is 8.72. The number of halogens is 4. The van der Waals surface area contributed by atoms with Crippen LogP contribution in [0.15, 0.2) is 61.7 Å². The Morgan fingerprint density at radius 1 is 0.811 bits per heavy atom. The van der Waals surface area contributed by atoms with E-state index in [1.807, 2.05) is 6.92 Å². The highest BCUT2D eigenvalue weighted by atomic mass is 35.5. The second-order valence-electron chi connectivity index (χ2n) is 9.05. The maximum absolute atomic E-state index is 12.4. The Balaban J connectivity index is 1.78. The number of aromatic nitrogens is 6. The van der Waals surface area contributed by atoms with Crippen LogP contribution in [0.1, 0.15) is 56.3 Å². The highest BCUT2D eigenvalue weighted by Crippen LogP contribution is 2.47. The van der Waals surface area contributed by atoms with Gasteiger partial charge in [-0.25, -0.2) is 19.3 Å². The van der Waals surface area contributed by atoms with E-state index in [1.54, 1.807) is 59.0 Å². The fourth-order valence-electron chi connectivity index (χ4n) is 4.93. The van der Waals surface area contributed by atoms with Gasteiger partial charge in [-0.3, -0.25) is 0 Å². The van der Waals surface area contributed by atoms with E-state index in [0.717, 1.165) is 0 Å². The van der Waals surface area contributed by atoms with Crippen molar-refractivity contribution in [3.63, 3.8) is 0 Å². The van der Waals surface area contributed by atoms with Crippen molar-refractivity contribution in [3.05, 3.63) is 92.9 Å². The van der Waals surface area contributed by atoms with Crippen molar-refractivity contribution in [2.24, 2.45) is 0 Å². The first kappa shape index (κ1) is 27.8. The molecule has 12 heteroatoms. The van der Waals surface area contributed by atoms with Crippen molar-refractivity contribution < 1.29 is 10.2 Å². The Hall–Kier alpha value is -2.20. The maximum atomic E-state index is 12.4. The van der Waals surface area contributed by atoms with Crippen molar-refractivity contribution in [1.82, 2.24) is 29.5 Å². The zero-order valence-corrected chi connectivity index (χ0v) is 23.2. The highest BCUT2D eigenvalue weighted by Gasteiger charge is 2.44. The molecule has 2 aromatic heterocycles. The molecule has 4 unspecified atom stereocenters. The van der Waals surface area contributed by atoms with Crippen LogP contribution in [0.3, 0.4) is 0 Å². The number of hydrogen-bond donors (Lipinski definition) is 2. The number of nitrogens with zero attached hydrogens (tertiary/aromatic N) is 6. The van der Waals surface area contributed by atoms with Gasteiger partial charge >= 0.3 is 0 Å². The van der Waals surface area contributed by atoms with Crippen LogP contribution in [-0.4, -0.2) is 39.7 Å². The van der Waals surface area contributed by atoms with E-state index in [2.05, 4.69) is 20.2 Å². The van der Waals surface area contributed by atoms with Gasteiger partial charge in [0.15, 0.2) is 0 Å². The summed E-state index contributed by atoms with van der Waals surface area (Å²) in [4.78, 5) is 8.14. The Morgan fingerprint density at radius 2 is 1.32 bits per heavy atom. The molecule has 196 valence electrons. The molecule has 0 saturated carbocycles. The molecule has 4 rings (SSSR count). The average Bonchev–Trinajstić information content (AvgIpc) is 3.54. The van der Waals surface area contributed by atoms with E-state index >= 15 is 0 Å². The van der Waals surface area contributed by atoms with Crippen LogP contribution in [-0.2, 0) is 11.2 Å². The first-order valence-electron chi connectivity index (χ1n) is 11.6. The summed E-state index contributed by atoms with van der Waals surface area (Å²) in [5, 5.41) is 34.3. The van der Waals surface area contributed by atoms with Crippen molar-refractivity contribution >= 4 is 46.4 Å². The lowest BCUT2D eigenvalue weighted by atomic mass is 9.77. The monoisotopic (exact) mass is 582 g/mol. The lowest BCUT2D eigenvalue weighted by Crippen LogP contribution is -2.40. The molecule has 0 radical (unpaired) electrons. The van der Waals surface area contributed by atoms with E-state index in [1.165, 1.54) is 19.0 Å². The van der Waals surface area contributed by atoms with Gasteiger partial charge in [0.25, 0.3) is 0 Å². The van der Waals surface area contributed by atoms with Gasteiger partial charge in [0.05, 0.1) is 12.1 Å². The molecule has 0 amide bonds. The molecular weight excluding hydrogens is 558 g/mol. The maximum Gasteiger partial charge on any atom is 0.137 e. The normalized spacial score (nSPS) is 16.6. The average molecular weight is 584 g/mol. The molecule has 0 aliphatic rings. The molecule has 0 saturated heterocycles. The van der Waals surface area contributed by atoms with E-state index < -0.39 is 23.3 Å². The smallest absolute Gasteiger partial charge is 0.137 e. The van der Waals surface area contributed by atoms with Crippen LogP contribution >= 0.6 is 46.4 Å². The summed E-state index contributed by atoms with van der Waals surface area (Å²) >= 11 is 25.4. The van der Waals surface area contributed by atoms with E-state index in [9.17, 15) is 10.2 Å². The molecule has 0 fully saturated rings. The first-order valence-corrected chi connectivity index (χ1v) is 13.1. The first-order chi connectivity index (χ1) is 17.6. The van der Waals surface area contributed by atoms with Gasteiger partial charge in [-0.1, -0.05) is 65.5 Å². The van der Waals surface area contributed by atoms with Crippen LogP contribution in [0.4, 0.5) is 0 Å². The third-order valence-corrected chi connectivity index (χ3v) is 7.87. The minimum absolute atomic E-state index is 0.165. The van der Waals surface area contributed by atoms with Crippen molar-refractivity contribution in [3.8, 4) is 0 Å². The molecule has 0 spiro atoms. The van der Waals surface area contributed by atoms with Crippen molar-refractivity contribution in [1.29, 1.82) is 0 Å². The number of aliphatic hydroxyl groups is 2. The summed E-state index contributed by atoms with van der Waals surface area (Å²) in [6.45, 7) is 3.59. The Bertz CT molecular complexity index is 1330. The van der Waals surface area contributed by atoms with Gasteiger partial charge in [0.2, 0.25) is 0 Å². The molecule has 4 atom stereocenters. The van der Waals surface area contributed by atoms with Crippen molar-refractivity contribution in [2.45, 2.75) is 56.4 Å². The number of rotatable bonds is 10. The van der Waals surface area contributed by atoms with Gasteiger partial charge < -0.3 is 10.2 Å². The third-order valence-electron chi connectivity index (χ3n) is 6.77. The van der Waals surface area contributed by atoms with Crippen molar-refractivity contribution in [2.75, 3.05) is 0 Å². The predicted molar refractivity (Wildman–Crippen MR) is 144 cm³/mol. The van der Waals surface area contributed by atoms with E-state index in [0.29, 0.717) is 37.6 Å². The Labute approximate surface area is 234 Å². The number of benzene rings is 2. The van der Waals surface area contributed by atoms with Gasteiger partial charge in [-0.2, -0.15) is 10.2 Å². The molecular formula is C25H26Cl4N6O2. The van der Waals surface area contributed by atoms with Crippen LogP contribution in [0.5, 0.6) is 0 Å². The molecule has 0 bridgehead atoms. The lowest BCUT2D eigenvalue weighted by molar-refractivity contribution is -0.0559. The van der Waals surface area contributed by atoms with Gasteiger partial charge in [0.1, 0.15) is 36.5 Å². The quantitative estimate of drug-likeness (QED) is 0.229. The van der Waals surface area contributed by atoms with Gasteiger partial charge in [0, 0.05) is 31.2 Å². The number of hydrogen-bond acceptors (Lipinski definition) is 6. The molecule has 2 N–H and O–H groups in total. The third kappa shape index (κ3) is 5.65. The molecule has 4 aromatic rings. The highest BCUT2D eigenvalue weighted by molar-refractivity contribution is 6.35. The van der Waals surface area contributed by atoms with E-state index in [4.69, 9.17) is 46.4 Å². The Kier molecular flexibility index (Phi) is 8.48. The fourth-order valence-corrected chi connectivity index (χ4v) is 6.10. The van der Waals surface area contributed by atoms with Gasteiger partial charge in [-0.05, 0) is 50.5 Å². The van der Waals surface area contributed by atoms with Crippen LogP contribution < -0.4 is 0 Å². The molecule has 0 aliphatic heterocycles. The van der Waals surface area contributed by atoms with Crippen LogP contribution in [0.2, 0.25) is 20.1 Å². The minimum Gasteiger partial charge on any atom is -0.383 e. The predicted octanol–water partition coefficient (Wildman–Crippen LogP) is 6.25.